The van der Waals surface area contributed by atoms with E-state index in [9.17, 15) is 4.79 Å². The first-order valence-electron chi connectivity index (χ1n) is 4.09. The van der Waals surface area contributed by atoms with Gasteiger partial charge in [-0.3, -0.25) is 4.79 Å². The van der Waals surface area contributed by atoms with E-state index in [-0.39, 0.29) is 5.78 Å². The topological polar surface area (TPSA) is 40.9 Å². The highest BCUT2D eigenvalue weighted by molar-refractivity contribution is 5.89. The van der Waals surface area contributed by atoms with Crippen LogP contribution in [0.5, 0.6) is 0 Å². The second-order valence-corrected chi connectivity index (χ2v) is 3.07. The Balaban J connectivity index is 2.81. The van der Waals surface area contributed by atoms with E-state index in [0.29, 0.717) is 19.3 Å². The molecule has 12 heavy (non-hydrogen) atoms. The Labute approximate surface area is 72.6 Å². The van der Waals surface area contributed by atoms with Crippen LogP contribution in [0.15, 0.2) is 0 Å². The van der Waals surface area contributed by atoms with Gasteiger partial charge in [0, 0.05) is 12.8 Å². The monoisotopic (exact) mass is 161 g/mol. The van der Waals surface area contributed by atoms with Crippen LogP contribution < -0.4 is 0 Å². The van der Waals surface area contributed by atoms with Gasteiger partial charge in [0.15, 0.2) is 5.78 Å². The normalized spacial score (nSPS) is 27.5. The zero-order chi connectivity index (χ0) is 9.03. The summed E-state index contributed by atoms with van der Waals surface area (Å²) in [6.07, 6.45) is 2.51. The van der Waals surface area contributed by atoms with Crippen molar-refractivity contribution < 1.29 is 4.79 Å². The summed E-state index contributed by atoms with van der Waals surface area (Å²) in [5.41, 5.74) is -0.761. The summed E-state index contributed by atoms with van der Waals surface area (Å²) >= 11 is 0. The molecule has 1 aliphatic rings. The maximum atomic E-state index is 11.3. The van der Waals surface area contributed by atoms with Crippen molar-refractivity contribution in [2.24, 2.45) is 5.41 Å². The van der Waals surface area contributed by atoms with E-state index in [4.69, 9.17) is 5.26 Å². The molecule has 0 aromatic carbocycles. The van der Waals surface area contributed by atoms with Crippen molar-refractivity contribution in [2.75, 3.05) is 0 Å². The Morgan fingerprint density at radius 2 is 2.42 bits per heavy atom. The summed E-state index contributed by atoms with van der Waals surface area (Å²) in [7, 11) is 0. The van der Waals surface area contributed by atoms with Gasteiger partial charge in [0.25, 0.3) is 0 Å². The highest BCUT2D eigenvalue weighted by Crippen LogP contribution is 2.36. The number of Topliss-reactive ketones (excluding diaryl/α,β-unsaturated/α-hetero) is 1. The Hall–Kier alpha value is -1.28. The first-order valence-corrected chi connectivity index (χ1v) is 4.09. The second kappa shape index (κ2) is 3.41. The van der Waals surface area contributed by atoms with E-state index >= 15 is 0 Å². The maximum Gasteiger partial charge on any atom is 0.154 e. The van der Waals surface area contributed by atoms with Crippen molar-refractivity contribution in [2.45, 2.75) is 32.6 Å². The van der Waals surface area contributed by atoms with E-state index in [1.807, 2.05) is 0 Å². The summed E-state index contributed by atoms with van der Waals surface area (Å²) in [4.78, 5) is 11.3. The minimum absolute atomic E-state index is 0.0766. The molecular weight excluding hydrogens is 150 g/mol. The predicted molar refractivity (Wildman–Crippen MR) is 45.0 cm³/mol. The molecule has 62 valence electrons. The average molecular weight is 161 g/mol. The zero-order valence-corrected chi connectivity index (χ0v) is 7.18. The Bertz CT molecular complexity index is 289. The van der Waals surface area contributed by atoms with Gasteiger partial charge in [-0.2, -0.15) is 5.26 Å². The van der Waals surface area contributed by atoms with E-state index in [1.54, 1.807) is 6.92 Å². The lowest BCUT2D eigenvalue weighted by Crippen LogP contribution is -2.22. The molecule has 1 atom stereocenters. The van der Waals surface area contributed by atoms with Gasteiger partial charge in [0.05, 0.1) is 6.07 Å². The number of rotatable bonds is 1. The Kier molecular flexibility index (Phi) is 2.51. The van der Waals surface area contributed by atoms with Crippen molar-refractivity contribution >= 4 is 5.78 Å². The number of hydrogen-bond donors (Lipinski definition) is 0. The molecule has 0 aliphatic heterocycles. The summed E-state index contributed by atoms with van der Waals surface area (Å²) in [6.45, 7) is 1.73. The van der Waals surface area contributed by atoms with E-state index in [0.717, 1.165) is 6.42 Å². The molecule has 0 spiro atoms. The number of carbonyl (C=O) groups excluding carboxylic acids is 1. The van der Waals surface area contributed by atoms with Crippen molar-refractivity contribution in [3.8, 4) is 17.9 Å². The molecule has 0 amide bonds. The van der Waals surface area contributed by atoms with E-state index < -0.39 is 5.41 Å². The molecule has 1 aliphatic carbocycles. The Morgan fingerprint density at radius 1 is 1.67 bits per heavy atom. The number of nitriles is 1. The molecule has 1 unspecified atom stereocenters. The second-order valence-electron chi connectivity index (χ2n) is 3.07. The third-order valence-corrected chi connectivity index (χ3v) is 2.32. The molecule has 0 heterocycles. The number of carbonyl (C=O) groups is 1. The SMILES string of the molecule is CC#CCC1(C#N)CCCC1=O. The van der Waals surface area contributed by atoms with Crippen LogP contribution >= 0.6 is 0 Å². The van der Waals surface area contributed by atoms with Gasteiger partial charge in [0.1, 0.15) is 5.41 Å². The lowest BCUT2D eigenvalue weighted by Gasteiger charge is -2.13. The minimum atomic E-state index is -0.761. The third-order valence-electron chi connectivity index (χ3n) is 2.32. The number of nitrogens with zero attached hydrogens (tertiary/aromatic N) is 1. The van der Waals surface area contributed by atoms with Gasteiger partial charge >= 0.3 is 0 Å². The van der Waals surface area contributed by atoms with Crippen LogP contribution in [0.2, 0.25) is 0 Å². The van der Waals surface area contributed by atoms with Crippen molar-refractivity contribution in [3.05, 3.63) is 0 Å². The quantitative estimate of drug-likeness (QED) is 0.549. The van der Waals surface area contributed by atoms with Gasteiger partial charge in [0.2, 0.25) is 0 Å². The van der Waals surface area contributed by atoms with Gasteiger partial charge < -0.3 is 0 Å². The molecule has 1 fully saturated rings. The molecule has 2 heteroatoms. The molecule has 0 aromatic rings. The molecule has 0 radical (unpaired) electrons. The summed E-state index contributed by atoms with van der Waals surface area (Å²) in [6, 6.07) is 2.11. The summed E-state index contributed by atoms with van der Waals surface area (Å²) in [5.74, 6) is 5.62. The summed E-state index contributed by atoms with van der Waals surface area (Å²) in [5, 5.41) is 8.87. The van der Waals surface area contributed by atoms with E-state index in [2.05, 4.69) is 17.9 Å². The van der Waals surface area contributed by atoms with Crippen molar-refractivity contribution in [1.29, 1.82) is 5.26 Å². The molecular formula is C10H11NO. The minimum Gasteiger partial charge on any atom is -0.298 e. The molecule has 1 saturated carbocycles. The fourth-order valence-corrected chi connectivity index (χ4v) is 1.51. The molecule has 0 saturated heterocycles. The largest absolute Gasteiger partial charge is 0.298 e. The fourth-order valence-electron chi connectivity index (χ4n) is 1.51. The van der Waals surface area contributed by atoms with Gasteiger partial charge in [-0.25, -0.2) is 0 Å². The van der Waals surface area contributed by atoms with Crippen molar-refractivity contribution in [3.63, 3.8) is 0 Å². The Morgan fingerprint density at radius 3 is 2.83 bits per heavy atom. The predicted octanol–water partition coefficient (Wildman–Crippen LogP) is 1.66. The van der Waals surface area contributed by atoms with Gasteiger partial charge in [-0.05, 0) is 19.8 Å². The van der Waals surface area contributed by atoms with Crippen LogP contribution in [0.3, 0.4) is 0 Å². The van der Waals surface area contributed by atoms with Crippen LogP contribution in [0.1, 0.15) is 32.6 Å². The van der Waals surface area contributed by atoms with Crippen LogP contribution in [0.25, 0.3) is 0 Å². The van der Waals surface area contributed by atoms with Gasteiger partial charge in [-0.15, -0.1) is 11.8 Å². The molecule has 2 nitrogen and oxygen atoms in total. The first-order chi connectivity index (χ1) is 5.75. The molecule has 0 aromatic heterocycles. The van der Waals surface area contributed by atoms with Gasteiger partial charge in [-0.1, -0.05) is 0 Å². The van der Waals surface area contributed by atoms with Crippen LogP contribution in [0, 0.1) is 28.6 Å². The first kappa shape index (κ1) is 8.81. The molecule has 1 rings (SSSR count). The van der Waals surface area contributed by atoms with Crippen LogP contribution in [-0.2, 0) is 4.79 Å². The van der Waals surface area contributed by atoms with Crippen LogP contribution in [0.4, 0.5) is 0 Å². The lowest BCUT2D eigenvalue weighted by molar-refractivity contribution is -0.123. The van der Waals surface area contributed by atoms with Crippen molar-refractivity contribution in [1.82, 2.24) is 0 Å². The maximum absolute atomic E-state index is 11.3. The smallest absolute Gasteiger partial charge is 0.154 e. The lowest BCUT2D eigenvalue weighted by atomic mass is 9.84. The molecule has 0 N–H and O–H groups in total. The number of ketones is 1. The van der Waals surface area contributed by atoms with Crippen LogP contribution in [-0.4, -0.2) is 5.78 Å². The standard InChI is InChI=1S/C10H11NO/c1-2-3-6-10(8-11)7-4-5-9(10)12/h4-7H2,1H3. The fraction of sp³-hybridized carbons (Fsp3) is 0.600. The highest BCUT2D eigenvalue weighted by Gasteiger charge is 2.41. The third kappa shape index (κ3) is 1.34. The number of hydrogen-bond acceptors (Lipinski definition) is 2. The highest BCUT2D eigenvalue weighted by atomic mass is 16.1. The van der Waals surface area contributed by atoms with E-state index in [1.165, 1.54) is 0 Å². The molecule has 0 bridgehead atoms. The summed E-state index contributed by atoms with van der Waals surface area (Å²) < 4.78 is 0. The average Bonchev–Trinajstić information content (AvgIpc) is 2.45. The zero-order valence-electron chi connectivity index (χ0n) is 7.18.